The third kappa shape index (κ3) is 3.33. The largest absolute Gasteiger partial charge is 0.336 e. The molecule has 144 valence electrons. The van der Waals surface area contributed by atoms with E-state index in [4.69, 9.17) is 0 Å². The average Bonchev–Trinajstić information content (AvgIpc) is 3.27. The number of carbonyl (C=O) groups excluding carboxylic acids is 1. The molecule has 2 aromatic carbocycles. The zero-order chi connectivity index (χ0) is 19.5. The Kier molecular flexibility index (Phi) is 5.02. The summed E-state index contributed by atoms with van der Waals surface area (Å²) >= 11 is 0. The van der Waals surface area contributed by atoms with Gasteiger partial charge in [0.05, 0.1) is 17.1 Å². The van der Waals surface area contributed by atoms with E-state index >= 15 is 0 Å². The number of urea groups is 1. The van der Waals surface area contributed by atoms with Gasteiger partial charge in [0.25, 0.3) is 0 Å². The van der Waals surface area contributed by atoms with Crippen LogP contribution in [0.4, 0.5) is 4.79 Å². The number of imidazole rings is 1. The van der Waals surface area contributed by atoms with Crippen molar-refractivity contribution in [3.05, 3.63) is 82.8 Å². The van der Waals surface area contributed by atoms with Crippen molar-refractivity contribution >= 4 is 17.1 Å². The minimum atomic E-state index is -0.164. The number of hydrogen-bond acceptors (Lipinski definition) is 2. The molecule has 0 radical (unpaired) electrons. The number of fused-ring (bicyclic) bond motifs is 2. The van der Waals surface area contributed by atoms with Crippen molar-refractivity contribution in [1.29, 1.82) is 0 Å². The summed E-state index contributed by atoms with van der Waals surface area (Å²) < 4.78 is 1.65. The van der Waals surface area contributed by atoms with Gasteiger partial charge < -0.3 is 15.2 Å². The first-order valence-electron chi connectivity index (χ1n) is 9.59. The van der Waals surface area contributed by atoms with E-state index in [1.54, 1.807) is 10.6 Å². The maximum Gasteiger partial charge on any atom is 0.326 e. The van der Waals surface area contributed by atoms with E-state index in [0.717, 1.165) is 23.9 Å². The first kappa shape index (κ1) is 18.1. The molecule has 0 fully saturated rings. The fourth-order valence-electron chi connectivity index (χ4n) is 4.05. The number of para-hydroxylation sites is 2. The number of aromatic nitrogens is 2. The third-order valence-electron chi connectivity index (χ3n) is 5.36. The van der Waals surface area contributed by atoms with Crippen LogP contribution in [0.3, 0.4) is 0 Å². The number of rotatable bonds is 6. The van der Waals surface area contributed by atoms with Crippen molar-refractivity contribution in [3.8, 4) is 0 Å². The van der Waals surface area contributed by atoms with Crippen molar-refractivity contribution in [3.63, 3.8) is 0 Å². The maximum atomic E-state index is 12.9. The fraction of sp³-hybridized carbons (Fsp3) is 0.273. The van der Waals surface area contributed by atoms with Gasteiger partial charge in [-0.25, -0.2) is 9.59 Å². The minimum absolute atomic E-state index is 0.0602. The van der Waals surface area contributed by atoms with Crippen LogP contribution in [-0.4, -0.2) is 33.6 Å². The predicted octanol–water partition coefficient (Wildman–Crippen LogP) is 3.21. The summed E-state index contributed by atoms with van der Waals surface area (Å²) in [5.41, 5.74) is 4.00. The highest BCUT2D eigenvalue weighted by Gasteiger charge is 2.30. The molecule has 3 aromatic rings. The Morgan fingerprint density at radius 1 is 1.25 bits per heavy atom. The Morgan fingerprint density at radius 3 is 2.89 bits per heavy atom. The van der Waals surface area contributed by atoms with E-state index in [1.807, 2.05) is 41.3 Å². The quantitative estimate of drug-likeness (QED) is 0.649. The Morgan fingerprint density at radius 2 is 2.04 bits per heavy atom. The zero-order valence-electron chi connectivity index (χ0n) is 15.7. The van der Waals surface area contributed by atoms with Gasteiger partial charge in [0, 0.05) is 19.6 Å². The first-order valence-corrected chi connectivity index (χ1v) is 9.59. The van der Waals surface area contributed by atoms with Crippen LogP contribution >= 0.6 is 0 Å². The Balaban J connectivity index is 1.45. The van der Waals surface area contributed by atoms with Crippen LogP contribution in [0.2, 0.25) is 0 Å². The number of H-pyrrole nitrogens is 1. The van der Waals surface area contributed by atoms with E-state index in [2.05, 4.69) is 29.0 Å². The lowest BCUT2D eigenvalue weighted by Crippen LogP contribution is -2.43. The molecule has 1 heterocycles. The highest BCUT2D eigenvalue weighted by atomic mass is 16.2. The molecule has 1 unspecified atom stereocenters. The van der Waals surface area contributed by atoms with Gasteiger partial charge in [-0.2, -0.15) is 0 Å². The number of hydrogen-bond donors (Lipinski definition) is 2. The van der Waals surface area contributed by atoms with Crippen LogP contribution in [0, 0.1) is 0 Å². The summed E-state index contributed by atoms with van der Waals surface area (Å²) in [6.07, 6.45) is 3.65. The van der Waals surface area contributed by atoms with E-state index < -0.39 is 0 Å². The van der Waals surface area contributed by atoms with Crippen molar-refractivity contribution in [2.24, 2.45) is 0 Å². The topological polar surface area (TPSA) is 70.1 Å². The average molecular weight is 376 g/mol. The summed E-state index contributed by atoms with van der Waals surface area (Å²) in [6, 6.07) is 15.8. The normalized spacial score (nSPS) is 15.4. The fourth-order valence-corrected chi connectivity index (χ4v) is 4.05. The maximum absolute atomic E-state index is 12.9. The smallest absolute Gasteiger partial charge is 0.326 e. The molecule has 6 heteroatoms. The van der Waals surface area contributed by atoms with Crippen molar-refractivity contribution in [1.82, 2.24) is 19.8 Å². The number of carbonyl (C=O) groups is 1. The van der Waals surface area contributed by atoms with E-state index in [0.29, 0.717) is 19.6 Å². The molecule has 0 spiro atoms. The van der Waals surface area contributed by atoms with Crippen LogP contribution < -0.4 is 11.0 Å². The van der Waals surface area contributed by atoms with Crippen molar-refractivity contribution < 1.29 is 4.79 Å². The number of amides is 2. The Hall–Kier alpha value is -3.28. The molecule has 28 heavy (non-hydrogen) atoms. The lowest BCUT2D eigenvalue weighted by molar-refractivity contribution is 0.181. The molecule has 1 aliphatic carbocycles. The molecule has 2 N–H and O–H groups in total. The van der Waals surface area contributed by atoms with Gasteiger partial charge in [0.15, 0.2) is 0 Å². The van der Waals surface area contributed by atoms with E-state index in [1.165, 1.54) is 11.1 Å². The van der Waals surface area contributed by atoms with Crippen molar-refractivity contribution in [2.75, 3.05) is 13.1 Å². The summed E-state index contributed by atoms with van der Waals surface area (Å²) in [6.45, 7) is 5.08. The molecule has 0 saturated heterocycles. The Labute approximate surface area is 163 Å². The van der Waals surface area contributed by atoms with Gasteiger partial charge in [-0.05, 0) is 36.1 Å². The number of benzene rings is 2. The van der Waals surface area contributed by atoms with Crippen LogP contribution in [0.15, 0.2) is 66.0 Å². The predicted molar refractivity (Wildman–Crippen MR) is 110 cm³/mol. The lowest BCUT2D eigenvalue weighted by atomic mass is 10.1. The molecule has 1 aliphatic rings. The van der Waals surface area contributed by atoms with Crippen LogP contribution in [-0.2, 0) is 13.0 Å². The second-order valence-corrected chi connectivity index (χ2v) is 7.03. The Bertz CT molecular complexity index is 1070. The highest BCUT2D eigenvalue weighted by molar-refractivity contribution is 5.76. The summed E-state index contributed by atoms with van der Waals surface area (Å²) in [7, 11) is 0. The second-order valence-electron chi connectivity index (χ2n) is 7.03. The summed E-state index contributed by atoms with van der Waals surface area (Å²) in [5, 5.41) is 2.97. The second kappa shape index (κ2) is 7.76. The molecule has 0 bridgehead atoms. The number of nitrogens with one attached hydrogen (secondary N) is 2. The van der Waals surface area contributed by atoms with Crippen LogP contribution in [0.1, 0.15) is 23.6 Å². The lowest BCUT2D eigenvalue weighted by Gasteiger charge is -2.29. The van der Waals surface area contributed by atoms with Gasteiger partial charge in [-0.3, -0.25) is 4.57 Å². The molecule has 2 amide bonds. The number of aromatic amines is 1. The minimum Gasteiger partial charge on any atom is -0.336 e. The van der Waals surface area contributed by atoms with Crippen LogP contribution in [0.5, 0.6) is 0 Å². The highest BCUT2D eigenvalue weighted by Crippen LogP contribution is 2.35. The molecular weight excluding hydrogens is 352 g/mol. The van der Waals surface area contributed by atoms with Crippen LogP contribution in [0.25, 0.3) is 11.0 Å². The summed E-state index contributed by atoms with van der Waals surface area (Å²) in [4.78, 5) is 29.7. The van der Waals surface area contributed by atoms with Gasteiger partial charge in [-0.1, -0.05) is 42.5 Å². The molecular formula is C22H24N4O2. The summed E-state index contributed by atoms with van der Waals surface area (Å²) in [5.74, 6) is 0. The molecule has 0 saturated carbocycles. The van der Waals surface area contributed by atoms with Crippen molar-refractivity contribution in [2.45, 2.75) is 25.4 Å². The molecule has 6 nitrogen and oxygen atoms in total. The standard InChI is InChI=1S/C22H24N4O2/c1-2-14-25(19-12-11-16-7-3-4-8-17(16)19)21(27)23-13-15-26-20-10-6-5-9-18(20)24-22(26)28/h2-10,19H,1,11-15H2,(H,23,27)(H,24,28). The molecule has 1 atom stereocenters. The van der Waals surface area contributed by atoms with Gasteiger partial charge in [0.1, 0.15) is 0 Å². The van der Waals surface area contributed by atoms with Gasteiger partial charge in [0.2, 0.25) is 0 Å². The monoisotopic (exact) mass is 376 g/mol. The number of nitrogens with zero attached hydrogens (tertiary/aromatic N) is 2. The SMILES string of the molecule is C=CCN(C(=O)NCCn1c(=O)[nH]c2ccccc21)C1CCc2ccccc21. The van der Waals surface area contributed by atoms with E-state index in [9.17, 15) is 9.59 Å². The molecule has 4 rings (SSSR count). The first-order chi connectivity index (χ1) is 13.7. The molecule has 1 aromatic heterocycles. The van der Waals surface area contributed by atoms with Gasteiger partial charge >= 0.3 is 11.7 Å². The van der Waals surface area contributed by atoms with Gasteiger partial charge in [-0.15, -0.1) is 6.58 Å². The van der Waals surface area contributed by atoms with E-state index in [-0.39, 0.29) is 17.8 Å². The zero-order valence-corrected chi connectivity index (χ0v) is 15.7. The molecule has 0 aliphatic heterocycles. The third-order valence-corrected chi connectivity index (χ3v) is 5.36. The number of aryl methyl sites for hydroxylation is 1.